The first-order chi connectivity index (χ1) is 16.2. The van der Waals surface area contributed by atoms with Crippen LogP contribution >= 0.6 is 0 Å². The van der Waals surface area contributed by atoms with Crippen molar-refractivity contribution < 1.29 is 23.1 Å². The maximum Gasteiger partial charge on any atom is 0.416 e. The molecular formula is C28H26F3NO2. The molecule has 0 spiro atoms. The third-order valence-electron chi connectivity index (χ3n) is 6.32. The summed E-state index contributed by atoms with van der Waals surface area (Å²) in [6.07, 6.45) is -2.33. The molecule has 4 rings (SSSR count). The fourth-order valence-corrected chi connectivity index (χ4v) is 4.44. The van der Waals surface area contributed by atoms with Crippen LogP contribution in [0, 0.1) is 0 Å². The van der Waals surface area contributed by atoms with Crippen LogP contribution in [0.15, 0.2) is 65.7 Å². The van der Waals surface area contributed by atoms with Crippen molar-refractivity contribution in [2.24, 2.45) is 4.99 Å². The summed E-state index contributed by atoms with van der Waals surface area (Å²) in [6, 6.07) is 15.1. The first-order valence-corrected chi connectivity index (χ1v) is 11.4. The maximum absolute atomic E-state index is 13.5. The van der Waals surface area contributed by atoms with Crippen LogP contribution in [-0.4, -0.2) is 22.6 Å². The van der Waals surface area contributed by atoms with Crippen molar-refractivity contribution in [2.75, 3.05) is 0 Å². The van der Waals surface area contributed by atoms with Crippen LogP contribution in [0.5, 0.6) is 5.75 Å². The van der Waals surface area contributed by atoms with Crippen LogP contribution in [0.2, 0.25) is 0 Å². The Bertz CT molecular complexity index is 1240. The number of fused-ring (bicyclic) bond motifs is 1. The number of carbonyl (C=O) groups excluding carboxylic acids is 1. The first kappa shape index (κ1) is 23.7. The summed E-state index contributed by atoms with van der Waals surface area (Å²) in [4.78, 5) is 17.9. The van der Waals surface area contributed by atoms with E-state index in [0.29, 0.717) is 28.8 Å². The van der Waals surface area contributed by atoms with Crippen molar-refractivity contribution in [2.45, 2.75) is 51.7 Å². The number of alkyl halides is 3. The number of aliphatic imine (C=N–C) groups is 1. The summed E-state index contributed by atoms with van der Waals surface area (Å²) >= 11 is 0. The van der Waals surface area contributed by atoms with Gasteiger partial charge in [0.15, 0.2) is 5.78 Å². The Morgan fingerprint density at radius 3 is 2.29 bits per heavy atom. The molecule has 6 heteroatoms. The summed E-state index contributed by atoms with van der Waals surface area (Å²) in [7, 11) is 0. The summed E-state index contributed by atoms with van der Waals surface area (Å²) < 4.78 is 40.4. The minimum Gasteiger partial charge on any atom is -0.508 e. The number of halogens is 3. The highest BCUT2D eigenvalue weighted by molar-refractivity contribution is 6.16. The van der Waals surface area contributed by atoms with Crippen LogP contribution in [-0.2, 0) is 36.7 Å². The standard InChI is InChI=1S/C28H26F3NO2/c1-3-18-6-5-17(13-19(18)4-2)14-25-26(34)15-21-7-10-22(28(29,30)31)16-24(21)27(32-25)20-8-11-23(33)12-9-20/h5-13,16,25,33H,3-4,14-15H2,1-2H3. The zero-order valence-corrected chi connectivity index (χ0v) is 19.1. The second kappa shape index (κ2) is 9.45. The minimum atomic E-state index is -4.51. The Labute approximate surface area is 197 Å². The normalized spacial score (nSPS) is 16.1. The number of phenols is 1. The van der Waals surface area contributed by atoms with E-state index in [1.54, 1.807) is 12.1 Å². The molecule has 0 fully saturated rings. The van der Waals surface area contributed by atoms with Gasteiger partial charge in [0.1, 0.15) is 11.8 Å². The zero-order chi connectivity index (χ0) is 24.5. The van der Waals surface area contributed by atoms with Gasteiger partial charge in [-0.25, -0.2) is 0 Å². The molecule has 0 aromatic heterocycles. The molecular weight excluding hydrogens is 439 g/mol. The lowest BCUT2D eigenvalue weighted by Gasteiger charge is -2.15. The summed E-state index contributed by atoms with van der Waals surface area (Å²) in [5, 5.41) is 9.69. The molecule has 3 aromatic rings. The van der Waals surface area contributed by atoms with E-state index >= 15 is 0 Å². The van der Waals surface area contributed by atoms with Crippen molar-refractivity contribution >= 4 is 11.5 Å². The number of aromatic hydroxyl groups is 1. The lowest BCUT2D eigenvalue weighted by atomic mass is 9.92. The van der Waals surface area contributed by atoms with E-state index in [1.807, 2.05) is 6.07 Å². The Morgan fingerprint density at radius 1 is 0.941 bits per heavy atom. The molecule has 3 aromatic carbocycles. The van der Waals surface area contributed by atoms with Crippen LogP contribution in [0.1, 0.15) is 52.8 Å². The van der Waals surface area contributed by atoms with Gasteiger partial charge in [-0.15, -0.1) is 0 Å². The van der Waals surface area contributed by atoms with Crippen LogP contribution in [0.3, 0.4) is 0 Å². The van der Waals surface area contributed by atoms with Gasteiger partial charge in [0, 0.05) is 24.0 Å². The molecule has 1 unspecified atom stereocenters. The summed E-state index contributed by atoms with van der Waals surface area (Å²) in [5.41, 5.74) is 4.37. The number of benzene rings is 3. The molecule has 1 heterocycles. The van der Waals surface area contributed by atoms with Crippen molar-refractivity contribution in [1.82, 2.24) is 0 Å². The molecule has 1 atom stereocenters. The molecule has 0 saturated carbocycles. The average molecular weight is 466 g/mol. The third kappa shape index (κ3) is 4.91. The Morgan fingerprint density at radius 2 is 1.65 bits per heavy atom. The van der Waals surface area contributed by atoms with Crippen molar-refractivity contribution in [3.63, 3.8) is 0 Å². The van der Waals surface area contributed by atoms with Gasteiger partial charge in [0.2, 0.25) is 0 Å². The molecule has 176 valence electrons. The van der Waals surface area contributed by atoms with Gasteiger partial charge in [0.05, 0.1) is 11.3 Å². The van der Waals surface area contributed by atoms with Gasteiger partial charge in [-0.3, -0.25) is 9.79 Å². The van der Waals surface area contributed by atoms with E-state index in [-0.39, 0.29) is 18.0 Å². The highest BCUT2D eigenvalue weighted by Crippen LogP contribution is 2.33. The van der Waals surface area contributed by atoms with Crippen molar-refractivity contribution in [3.05, 3.63) is 99.6 Å². The third-order valence-corrected chi connectivity index (χ3v) is 6.32. The number of carbonyl (C=O) groups is 1. The molecule has 1 N–H and O–H groups in total. The molecule has 0 saturated heterocycles. The van der Waals surface area contributed by atoms with Gasteiger partial charge in [-0.1, -0.05) is 38.1 Å². The highest BCUT2D eigenvalue weighted by atomic mass is 19.4. The molecule has 1 aliphatic heterocycles. The monoisotopic (exact) mass is 465 g/mol. The van der Waals surface area contributed by atoms with Gasteiger partial charge in [0.25, 0.3) is 0 Å². The second-order valence-electron chi connectivity index (χ2n) is 8.57. The molecule has 0 radical (unpaired) electrons. The van der Waals surface area contributed by atoms with Crippen molar-refractivity contribution in [1.29, 1.82) is 0 Å². The highest BCUT2D eigenvalue weighted by Gasteiger charge is 2.33. The zero-order valence-electron chi connectivity index (χ0n) is 19.1. The maximum atomic E-state index is 13.5. The van der Waals surface area contributed by atoms with E-state index in [0.717, 1.165) is 30.5 Å². The largest absolute Gasteiger partial charge is 0.508 e. The predicted octanol–water partition coefficient (Wildman–Crippen LogP) is 6.11. The Balaban J connectivity index is 1.82. The fraction of sp³-hybridized carbons (Fsp3) is 0.286. The number of aryl methyl sites for hydroxylation is 2. The lowest BCUT2D eigenvalue weighted by molar-refractivity contribution is -0.137. The molecule has 3 nitrogen and oxygen atoms in total. The number of Topliss-reactive ketones (excluding diaryl/α,β-unsaturated/α-hetero) is 1. The quantitative estimate of drug-likeness (QED) is 0.494. The van der Waals surface area contributed by atoms with Crippen molar-refractivity contribution in [3.8, 4) is 5.75 Å². The minimum absolute atomic E-state index is 0.0108. The number of nitrogens with zero attached hydrogens (tertiary/aromatic N) is 1. The topological polar surface area (TPSA) is 49.7 Å². The second-order valence-corrected chi connectivity index (χ2v) is 8.57. The Hall–Kier alpha value is -3.41. The van der Waals surface area contributed by atoms with Gasteiger partial charge in [-0.05, 0) is 71.5 Å². The smallest absolute Gasteiger partial charge is 0.416 e. The molecule has 1 aliphatic rings. The molecule has 0 aliphatic carbocycles. The van der Waals surface area contributed by atoms with E-state index in [1.165, 1.54) is 29.3 Å². The van der Waals surface area contributed by atoms with E-state index < -0.39 is 17.8 Å². The van der Waals surface area contributed by atoms with Gasteiger partial charge < -0.3 is 5.11 Å². The van der Waals surface area contributed by atoms with E-state index in [9.17, 15) is 23.1 Å². The number of hydrogen-bond acceptors (Lipinski definition) is 3. The van der Waals surface area contributed by atoms with Crippen LogP contribution < -0.4 is 0 Å². The average Bonchev–Trinajstić information content (AvgIpc) is 2.94. The lowest BCUT2D eigenvalue weighted by Crippen LogP contribution is -2.23. The number of rotatable bonds is 5. The fourth-order valence-electron chi connectivity index (χ4n) is 4.44. The van der Waals surface area contributed by atoms with Gasteiger partial charge in [-0.2, -0.15) is 13.2 Å². The van der Waals surface area contributed by atoms with E-state index in [2.05, 4.69) is 26.0 Å². The number of hydrogen-bond donors (Lipinski definition) is 1. The predicted molar refractivity (Wildman–Crippen MR) is 127 cm³/mol. The SMILES string of the molecule is CCc1ccc(CC2N=C(c3ccc(O)cc3)c3cc(C(F)(F)F)ccc3CC2=O)cc1CC. The molecule has 0 bridgehead atoms. The van der Waals surface area contributed by atoms with Crippen LogP contribution in [0.25, 0.3) is 0 Å². The molecule has 0 amide bonds. The summed E-state index contributed by atoms with van der Waals surface area (Å²) in [6.45, 7) is 4.19. The van der Waals surface area contributed by atoms with E-state index in [4.69, 9.17) is 4.99 Å². The molecule has 34 heavy (non-hydrogen) atoms. The van der Waals surface area contributed by atoms with Gasteiger partial charge >= 0.3 is 6.18 Å². The van der Waals surface area contributed by atoms with Crippen LogP contribution in [0.4, 0.5) is 13.2 Å². The Kier molecular flexibility index (Phi) is 6.60. The number of ketones is 1. The first-order valence-electron chi connectivity index (χ1n) is 11.4. The number of phenolic OH excluding ortho intramolecular Hbond substituents is 1. The summed E-state index contributed by atoms with van der Waals surface area (Å²) in [5.74, 6) is -0.0922.